The Hall–Kier alpha value is -1.88. The molecule has 1 atom stereocenters. The lowest BCUT2D eigenvalue weighted by Gasteiger charge is -2.23. The summed E-state index contributed by atoms with van der Waals surface area (Å²) in [4.78, 5) is 27.8. The average molecular weight is 317 g/mol. The molecule has 2 rings (SSSR count). The molecule has 0 radical (unpaired) electrons. The van der Waals surface area contributed by atoms with Gasteiger partial charge in [-0.3, -0.25) is 14.5 Å². The number of rotatable bonds is 7. The fraction of sp³-hybridized carbons (Fsp3) is 0.556. The van der Waals surface area contributed by atoms with E-state index < -0.39 is 0 Å². The predicted molar refractivity (Wildman–Crippen MR) is 90.6 cm³/mol. The third-order valence-corrected chi connectivity index (χ3v) is 4.08. The van der Waals surface area contributed by atoms with Gasteiger partial charge in [-0.25, -0.2) is 0 Å². The van der Waals surface area contributed by atoms with Crippen LogP contribution in [0, 0.1) is 5.92 Å². The molecule has 5 heteroatoms. The summed E-state index contributed by atoms with van der Waals surface area (Å²) in [5.41, 5.74) is 1.13. The number of hydrogen-bond acceptors (Lipinski definition) is 3. The van der Waals surface area contributed by atoms with E-state index in [9.17, 15) is 9.59 Å². The van der Waals surface area contributed by atoms with Gasteiger partial charge in [0.2, 0.25) is 11.8 Å². The second-order valence-corrected chi connectivity index (χ2v) is 6.54. The highest BCUT2D eigenvalue weighted by Crippen LogP contribution is 2.21. The summed E-state index contributed by atoms with van der Waals surface area (Å²) in [5.74, 6) is 0.566. The second-order valence-electron chi connectivity index (χ2n) is 6.54. The van der Waals surface area contributed by atoms with Crippen molar-refractivity contribution in [2.45, 2.75) is 33.2 Å². The number of carbonyl (C=O) groups excluding carboxylic acids is 2. The molecule has 126 valence electrons. The first kappa shape index (κ1) is 17.5. The van der Waals surface area contributed by atoms with Crippen molar-refractivity contribution >= 4 is 11.8 Å². The molecule has 0 aliphatic carbocycles. The van der Waals surface area contributed by atoms with E-state index in [0.717, 1.165) is 12.0 Å². The monoisotopic (exact) mass is 317 g/mol. The van der Waals surface area contributed by atoms with E-state index in [1.165, 1.54) is 0 Å². The molecule has 1 heterocycles. The van der Waals surface area contributed by atoms with E-state index in [2.05, 4.69) is 19.2 Å². The molecule has 0 saturated carbocycles. The van der Waals surface area contributed by atoms with Crippen LogP contribution in [0.2, 0.25) is 0 Å². The van der Waals surface area contributed by atoms with Crippen molar-refractivity contribution in [3.8, 4) is 0 Å². The van der Waals surface area contributed by atoms with Crippen molar-refractivity contribution in [2.24, 2.45) is 5.92 Å². The number of amides is 2. The first-order valence-electron chi connectivity index (χ1n) is 8.34. The maximum absolute atomic E-state index is 12.4. The van der Waals surface area contributed by atoms with E-state index in [1.54, 1.807) is 4.90 Å². The molecule has 0 bridgehead atoms. The molecular formula is C18H27N3O2. The van der Waals surface area contributed by atoms with Crippen molar-refractivity contribution in [1.29, 1.82) is 0 Å². The number of hydrogen-bond donors (Lipinski definition) is 1. The number of nitrogens with one attached hydrogen (secondary N) is 1. The lowest BCUT2D eigenvalue weighted by atomic mass is 9.97. The number of carbonyl (C=O) groups is 2. The quantitative estimate of drug-likeness (QED) is 0.837. The van der Waals surface area contributed by atoms with Crippen LogP contribution >= 0.6 is 0 Å². The lowest BCUT2D eigenvalue weighted by molar-refractivity contribution is -0.126. The van der Waals surface area contributed by atoms with Gasteiger partial charge < -0.3 is 10.2 Å². The van der Waals surface area contributed by atoms with Gasteiger partial charge in [-0.1, -0.05) is 44.2 Å². The molecule has 0 spiro atoms. The van der Waals surface area contributed by atoms with Gasteiger partial charge in [-0.05, 0) is 24.8 Å². The van der Waals surface area contributed by atoms with Crippen molar-refractivity contribution in [3.05, 3.63) is 35.9 Å². The Balaban J connectivity index is 1.94. The van der Waals surface area contributed by atoms with Crippen LogP contribution in [0.15, 0.2) is 30.3 Å². The Bertz CT molecular complexity index is 530. The van der Waals surface area contributed by atoms with E-state index in [1.807, 2.05) is 42.2 Å². The zero-order valence-electron chi connectivity index (χ0n) is 14.3. The molecule has 1 aromatic carbocycles. The maximum atomic E-state index is 12.4. The smallest absolute Gasteiger partial charge is 0.237 e. The minimum Gasteiger partial charge on any atom is -0.348 e. The zero-order valence-corrected chi connectivity index (χ0v) is 14.3. The molecule has 1 aromatic rings. The van der Waals surface area contributed by atoms with E-state index in [-0.39, 0.29) is 24.4 Å². The largest absolute Gasteiger partial charge is 0.348 e. The number of nitrogens with zero attached hydrogens (tertiary/aromatic N) is 2. The summed E-state index contributed by atoms with van der Waals surface area (Å²) < 4.78 is 0. The van der Waals surface area contributed by atoms with Gasteiger partial charge >= 0.3 is 0 Å². The van der Waals surface area contributed by atoms with Crippen LogP contribution in [0.5, 0.6) is 0 Å². The summed E-state index contributed by atoms with van der Waals surface area (Å²) in [5, 5.41) is 3.13. The highest BCUT2D eigenvalue weighted by molar-refractivity contribution is 5.83. The summed E-state index contributed by atoms with van der Waals surface area (Å²) in [7, 11) is 0. The summed E-state index contributed by atoms with van der Waals surface area (Å²) in [6.07, 6.45) is 0.899. The maximum Gasteiger partial charge on any atom is 0.237 e. The molecule has 0 unspecified atom stereocenters. The third-order valence-electron chi connectivity index (χ3n) is 4.08. The highest BCUT2D eigenvalue weighted by Gasteiger charge is 2.28. The predicted octanol–water partition coefficient (Wildman–Crippen LogP) is 2.01. The Morgan fingerprint density at radius 1 is 1.26 bits per heavy atom. The topological polar surface area (TPSA) is 52.6 Å². The van der Waals surface area contributed by atoms with E-state index in [4.69, 9.17) is 0 Å². The molecule has 1 aliphatic heterocycles. The Morgan fingerprint density at radius 3 is 2.52 bits per heavy atom. The van der Waals surface area contributed by atoms with Crippen molar-refractivity contribution in [2.75, 3.05) is 26.3 Å². The molecule has 5 nitrogen and oxygen atoms in total. The van der Waals surface area contributed by atoms with Crippen LogP contribution in [-0.2, 0) is 9.59 Å². The molecular weight excluding hydrogens is 290 g/mol. The van der Waals surface area contributed by atoms with Gasteiger partial charge in [0.25, 0.3) is 0 Å². The standard InChI is InChI=1S/C18H27N3O2/c1-4-21-13-20(12-18(21)23)11-17(22)19-16(10-14(2)3)15-8-6-5-7-9-15/h5-9,14,16H,4,10-13H2,1-3H3,(H,19,22)/t16-/m0/s1. The summed E-state index contributed by atoms with van der Waals surface area (Å²) >= 11 is 0. The first-order valence-corrected chi connectivity index (χ1v) is 8.34. The Labute approximate surface area is 138 Å². The van der Waals surface area contributed by atoms with Gasteiger partial charge in [-0.15, -0.1) is 0 Å². The van der Waals surface area contributed by atoms with Crippen molar-refractivity contribution in [3.63, 3.8) is 0 Å². The molecule has 23 heavy (non-hydrogen) atoms. The first-order chi connectivity index (χ1) is 11.0. The van der Waals surface area contributed by atoms with Gasteiger partial charge in [0.15, 0.2) is 0 Å². The Morgan fingerprint density at radius 2 is 1.96 bits per heavy atom. The Kier molecular flexibility index (Phi) is 6.16. The fourth-order valence-corrected chi connectivity index (χ4v) is 2.92. The molecule has 1 aliphatic rings. The van der Waals surface area contributed by atoms with Crippen LogP contribution in [0.4, 0.5) is 0 Å². The molecule has 2 amide bonds. The minimum absolute atomic E-state index is 0.0179. The van der Waals surface area contributed by atoms with Crippen LogP contribution < -0.4 is 5.32 Å². The minimum atomic E-state index is -0.0229. The lowest BCUT2D eigenvalue weighted by Crippen LogP contribution is -2.39. The van der Waals surface area contributed by atoms with Gasteiger partial charge in [0, 0.05) is 6.54 Å². The van der Waals surface area contributed by atoms with Gasteiger partial charge in [0.1, 0.15) is 0 Å². The SMILES string of the molecule is CCN1CN(CC(=O)N[C@@H](CC(C)C)c2ccccc2)CC1=O. The van der Waals surface area contributed by atoms with E-state index >= 15 is 0 Å². The van der Waals surface area contributed by atoms with E-state index in [0.29, 0.717) is 25.7 Å². The highest BCUT2D eigenvalue weighted by atomic mass is 16.2. The average Bonchev–Trinajstić information content (AvgIpc) is 2.86. The summed E-state index contributed by atoms with van der Waals surface area (Å²) in [6, 6.07) is 10.1. The molecule has 1 saturated heterocycles. The van der Waals surface area contributed by atoms with Crippen LogP contribution in [0.1, 0.15) is 38.8 Å². The third kappa shape index (κ3) is 5.06. The summed E-state index contributed by atoms with van der Waals surface area (Å²) in [6.45, 7) is 8.10. The number of likely N-dealkylation sites (N-methyl/N-ethyl adjacent to an activating group) is 1. The van der Waals surface area contributed by atoms with Gasteiger partial charge in [0.05, 0.1) is 25.8 Å². The van der Waals surface area contributed by atoms with Crippen LogP contribution in [0.3, 0.4) is 0 Å². The van der Waals surface area contributed by atoms with Crippen LogP contribution in [0.25, 0.3) is 0 Å². The zero-order chi connectivity index (χ0) is 16.8. The molecule has 1 N–H and O–H groups in total. The van der Waals surface area contributed by atoms with Crippen molar-refractivity contribution in [1.82, 2.24) is 15.1 Å². The molecule has 0 aromatic heterocycles. The van der Waals surface area contributed by atoms with Gasteiger partial charge in [-0.2, -0.15) is 0 Å². The molecule has 1 fully saturated rings. The number of benzene rings is 1. The normalized spacial score (nSPS) is 16.9. The van der Waals surface area contributed by atoms with Crippen molar-refractivity contribution < 1.29 is 9.59 Å². The fourth-order valence-electron chi connectivity index (χ4n) is 2.92. The van der Waals surface area contributed by atoms with Crippen LogP contribution in [-0.4, -0.2) is 47.9 Å². The second kappa shape index (κ2) is 8.11.